The minimum atomic E-state index is -0.892. The second kappa shape index (κ2) is 5.71. The summed E-state index contributed by atoms with van der Waals surface area (Å²) in [7, 11) is 1.83. The van der Waals surface area contributed by atoms with Gasteiger partial charge in [-0.15, -0.1) is 0 Å². The van der Waals surface area contributed by atoms with Crippen molar-refractivity contribution >= 4 is 11.9 Å². The fourth-order valence-corrected chi connectivity index (χ4v) is 1.99. The molecule has 5 heteroatoms. The van der Waals surface area contributed by atoms with Crippen molar-refractivity contribution in [2.45, 2.75) is 33.2 Å². The van der Waals surface area contributed by atoms with E-state index in [2.05, 4.69) is 0 Å². The van der Waals surface area contributed by atoms with Gasteiger partial charge in [0.15, 0.2) is 0 Å². The average molecular weight is 252 g/mol. The third-order valence-electron chi connectivity index (χ3n) is 3.20. The second-order valence-electron chi connectivity index (χ2n) is 4.46. The van der Waals surface area contributed by atoms with Crippen LogP contribution in [0.2, 0.25) is 0 Å². The van der Waals surface area contributed by atoms with Crippen LogP contribution in [0.3, 0.4) is 0 Å². The van der Waals surface area contributed by atoms with Crippen molar-refractivity contribution in [3.05, 3.63) is 23.5 Å². The van der Waals surface area contributed by atoms with E-state index in [-0.39, 0.29) is 18.4 Å². The highest BCUT2D eigenvalue weighted by Gasteiger charge is 2.23. The van der Waals surface area contributed by atoms with Gasteiger partial charge in [-0.3, -0.25) is 9.59 Å². The lowest BCUT2D eigenvalue weighted by Crippen LogP contribution is -2.40. The maximum atomic E-state index is 12.3. The Morgan fingerprint density at radius 3 is 2.44 bits per heavy atom. The molecule has 1 aromatic heterocycles. The van der Waals surface area contributed by atoms with Crippen LogP contribution in [0.15, 0.2) is 12.1 Å². The van der Waals surface area contributed by atoms with Gasteiger partial charge >= 0.3 is 5.97 Å². The van der Waals surface area contributed by atoms with Crippen LogP contribution in [0, 0.1) is 6.92 Å². The number of carboxylic acids is 1. The van der Waals surface area contributed by atoms with Gasteiger partial charge in [-0.2, -0.15) is 0 Å². The van der Waals surface area contributed by atoms with E-state index in [0.717, 1.165) is 5.69 Å². The molecule has 1 atom stereocenters. The molecule has 1 rings (SSSR count). The lowest BCUT2D eigenvalue weighted by molar-refractivity contribution is -0.138. The number of aliphatic carboxylic acids is 1. The average Bonchev–Trinajstić information content (AvgIpc) is 2.59. The fourth-order valence-electron chi connectivity index (χ4n) is 1.99. The summed E-state index contributed by atoms with van der Waals surface area (Å²) in [6, 6.07) is 3.34. The van der Waals surface area contributed by atoms with E-state index in [1.807, 2.05) is 31.5 Å². The van der Waals surface area contributed by atoms with Crippen molar-refractivity contribution in [3.63, 3.8) is 0 Å². The molecule has 0 aromatic carbocycles. The van der Waals surface area contributed by atoms with Gasteiger partial charge in [-0.05, 0) is 32.9 Å². The first kappa shape index (κ1) is 14.3. The molecule has 0 aliphatic heterocycles. The predicted molar refractivity (Wildman–Crippen MR) is 68.6 cm³/mol. The molecule has 18 heavy (non-hydrogen) atoms. The van der Waals surface area contributed by atoms with Gasteiger partial charge in [-0.25, -0.2) is 0 Å². The first-order valence-electron chi connectivity index (χ1n) is 6.03. The Bertz CT molecular complexity index is 451. The molecule has 0 saturated carbocycles. The van der Waals surface area contributed by atoms with Crippen molar-refractivity contribution < 1.29 is 14.7 Å². The summed E-state index contributed by atoms with van der Waals surface area (Å²) in [5.41, 5.74) is 1.59. The van der Waals surface area contributed by atoms with Crippen LogP contribution in [-0.4, -0.2) is 39.0 Å². The van der Waals surface area contributed by atoms with Gasteiger partial charge < -0.3 is 14.6 Å². The Morgan fingerprint density at radius 1 is 1.44 bits per heavy atom. The molecule has 1 aromatic rings. The zero-order valence-electron chi connectivity index (χ0n) is 11.3. The Hall–Kier alpha value is -1.78. The zero-order valence-corrected chi connectivity index (χ0v) is 11.3. The Balaban J connectivity index is 2.92. The quantitative estimate of drug-likeness (QED) is 0.866. The normalized spacial score (nSPS) is 12.2. The standard InChI is InChI=1S/C13H20N2O3/c1-5-15(10(3)8-12(16)17)13(18)11-7-6-9(2)14(11)4/h6-7,10H,5,8H2,1-4H3,(H,16,17). The number of carboxylic acid groups (broad SMARTS) is 1. The first-order chi connectivity index (χ1) is 8.38. The van der Waals surface area contributed by atoms with E-state index in [1.165, 1.54) is 0 Å². The maximum absolute atomic E-state index is 12.3. The number of carbonyl (C=O) groups excluding carboxylic acids is 1. The molecule has 1 heterocycles. The van der Waals surface area contributed by atoms with Gasteiger partial charge in [0.25, 0.3) is 5.91 Å². The SMILES string of the molecule is CCN(C(=O)c1ccc(C)n1C)C(C)CC(=O)O. The minimum Gasteiger partial charge on any atom is -0.481 e. The molecule has 0 aliphatic carbocycles. The minimum absolute atomic E-state index is 0.0387. The molecule has 5 nitrogen and oxygen atoms in total. The predicted octanol–water partition coefficient (Wildman–Crippen LogP) is 1.66. The first-order valence-corrected chi connectivity index (χ1v) is 6.03. The van der Waals surface area contributed by atoms with E-state index in [9.17, 15) is 9.59 Å². The van der Waals surface area contributed by atoms with Gasteiger partial charge in [0.05, 0.1) is 6.42 Å². The van der Waals surface area contributed by atoms with Gasteiger partial charge in [-0.1, -0.05) is 0 Å². The third kappa shape index (κ3) is 2.91. The van der Waals surface area contributed by atoms with Crippen molar-refractivity contribution in [1.29, 1.82) is 0 Å². The van der Waals surface area contributed by atoms with Crippen LogP contribution >= 0.6 is 0 Å². The number of aryl methyl sites for hydroxylation is 1. The largest absolute Gasteiger partial charge is 0.481 e. The summed E-state index contributed by atoms with van der Waals surface area (Å²) in [6.07, 6.45) is -0.0387. The van der Waals surface area contributed by atoms with Crippen LogP contribution in [0.4, 0.5) is 0 Å². The number of rotatable bonds is 5. The molecule has 0 saturated heterocycles. The summed E-state index contributed by atoms with van der Waals surface area (Å²) in [4.78, 5) is 24.6. The molecule has 1 amide bonds. The number of aromatic nitrogens is 1. The Morgan fingerprint density at radius 2 is 2.06 bits per heavy atom. The summed E-state index contributed by atoms with van der Waals surface area (Å²) in [5.74, 6) is -1.02. The van der Waals surface area contributed by atoms with E-state index in [0.29, 0.717) is 12.2 Å². The zero-order chi connectivity index (χ0) is 13.9. The Labute approximate surface area is 107 Å². The Kier molecular flexibility index (Phi) is 4.53. The van der Waals surface area contributed by atoms with Crippen LogP contribution in [0.25, 0.3) is 0 Å². The lowest BCUT2D eigenvalue weighted by atomic mass is 10.2. The highest BCUT2D eigenvalue weighted by molar-refractivity contribution is 5.93. The van der Waals surface area contributed by atoms with Gasteiger partial charge in [0.1, 0.15) is 5.69 Å². The highest BCUT2D eigenvalue weighted by atomic mass is 16.4. The molecule has 1 N–H and O–H groups in total. The molecule has 100 valence electrons. The monoisotopic (exact) mass is 252 g/mol. The fraction of sp³-hybridized carbons (Fsp3) is 0.538. The van der Waals surface area contributed by atoms with Crippen LogP contribution in [-0.2, 0) is 11.8 Å². The van der Waals surface area contributed by atoms with Crippen molar-refractivity contribution in [2.75, 3.05) is 6.54 Å². The number of nitrogens with zero attached hydrogens (tertiary/aromatic N) is 2. The summed E-state index contributed by atoms with van der Waals surface area (Å²) < 4.78 is 1.82. The summed E-state index contributed by atoms with van der Waals surface area (Å²) >= 11 is 0. The highest BCUT2D eigenvalue weighted by Crippen LogP contribution is 2.13. The summed E-state index contributed by atoms with van der Waals surface area (Å²) in [5, 5.41) is 8.80. The molecule has 0 fully saturated rings. The number of carbonyl (C=O) groups is 2. The topological polar surface area (TPSA) is 62.5 Å². The van der Waals surface area contributed by atoms with Crippen LogP contribution in [0.5, 0.6) is 0 Å². The van der Waals surface area contributed by atoms with E-state index in [1.54, 1.807) is 17.9 Å². The van der Waals surface area contributed by atoms with Crippen LogP contribution < -0.4 is 0 Å². The molecule has 0 spiro atoms. The molecular weight excluding hydrogens is 232 g/mol. The number of hydrogen-bond donors (Lipinski definition) is 1. The number of amides is 1. The van der Waals surface area contributed by atoms with Crippen molar-refractivity contribution in [3.8, 4) is 0 Å². The second-order valence-corrected chi connectivity index (χ2v) is 4.46. The van der Waals surface area contributed by atoms with E-state index < -0.39 is 5.97 Å². The molecule has 0 bridgehead atoms. The van der Waals surface area contributed by atoms with Crippen molar-refractivity contribution in [1.82, 2.24) is 9.47 Å². The van der Waals surface area contributed by atoms with E-state index in [4.69, 9.17) is 5.11 Å². The maximum Gasteiger partial charge on any atom is 0.305 e. The molecular formula is C13H20N2O3. The van der Waals surface area contributed by atoms with Gasteiger partial charge in [0.2, 0.25) is 0 Å². The third-order valence-corrected chi connectivity index (χ3v) is 3.20. The number of hydrogen-bond acceptors (Lipinski definition) is 2. The molecule has 0 radical (unpaired) electrons. The van der Waals surface area contributed by atoms with Crippen LogP contribution in [0.1, 0.15) is 36.5 Å². The van der Waals surface area contributed by atoms with Gasteiger partial charge in [0, 0.05) is 25.3 Å². The molecule has 1 unspecified atom stereocenters. The van der Waals surface area contributed by atoms with E-state index >= 15 is 0 Å². The lowest BCUT2D eigenvalue weighted by Gasteiger charge is -2.27. The smallest absolute Gasteiger partial charge is 0.305 e. The summed E-state index contributed by atoms with van der Waals surface area (Å²) in [6.45, 7) is 6.03. The molecule has 0 aliphatic rings. The van der Waals surface area contributed by atoms with Crippen molar-refractivity contribution in [2.24, 2.45) is 7.05 Å².